The van der Waals surface area contributed by atoms with Gasteiger partial charge in [0.15, 0.2) is 5.82 Å². The van der Waals surface area contributed by atoms with Crippen molar-refractivity contribution in [2.75, 3.05) is 5.32 Å². The standard InChI is InChI=1S/C12H11ClFN3/c1-7-5-12(17-16-8(7)2)15-9-3-4-11(14)10(13)6-9/h3-6H,1-2H3,(H,15,17). The molecule has 3 nitrogen and oxygen atoms in total. The highest BCUT2D eigenvalue weighted by Gasteiger charge is 2.03. The minimum absolute atomic E-state index is 0.0757. The summed E-state index contributed by atoms with van der Waals surface area (Å²) in [6.07, 6.45) is 0. The minimum Gasteiger partial charge on any atom is -0.339 e. The number of halogens is 2. The molecule has 0 fully saturated rings. The molecule has 0 aliphatic rings. The number of rotatable bonds is 2. The molecule has 17 heavy (non-hydrogen) atoms. The zero-order valence-corrected chi connectivity index (χ0v) is 10.2. The van der Waals surface area contributed by atoms with Gasteiger partial charge in [0.25, 0.3) is 0 Å². The van der Waals surface area contributed by atoms with Crippen molar-refractivity contribution in [2.45, 2.75) is 13.8 Å². The summed E-state index contributed by atoms with van der Waals surface area (Å²) >= 11 is 5.69. The van der Waals surface area contributed by atoms with Gasteiger partial charge in [0.05, 0.1) is 10.7 Å². The van der Waals surface area contributed by atoms with Gasteiger partial charge in [-0.2, -0.15) is 5.10 Å². The summed E-state index contributed by atoms with van der Waals surface area (Å²) in [5, 5.41) is 11.1. The smallest absolute Gasteiger partial charge is 0.153 e. The molecule has 0 aliphatic carbocycles. The van der Waals surface area contributed by atoms with Crippen LogP contribution in [0.15, 0.2) is 24.3 Å². The van der Waals surface area contributed by atoms with Gasteiger partial charge in [-0.05, 0) is 43.7 Å². The lowest BCUT2D eigenvalue weighted by Gasteiger charge is -2.07. The van der Waals surface area contributed by atoms with Crippen LogP contribution in [0.25, 0.3) is 0 Å². The fraction of sp³-hybridized carbons (Fsp3) is 0.167. The van der Waals surface area contributed by atoms with Crippen LogP contribution >= 0.6 is 11.6 Å². The maximum absolute atomic E-state index is 13.0. The summed E-state index contributed by atoms with van der Waals surface area (Å²) in [5.74, 6) is 0.166. The van der Waals surface area contributed by atoms with Gasteiger partial charge < -0.3 is 5.32 Å². The number of benzene rings is 1. The molecular weight excluding hydrogens is 241 g/mol. The maximum Gasteiger partial charge on any atom is 0.153 e. The first kappa shape index (κ1) is 11.8. The van der Waals surface area contributed by atoms with Gasteiger partial charge in [0.1, 0.15) is 5.82 Å². The number of anilines is 2. The summed E-state index contributed by atoms with van der Waals surface area (Å²) in [6, 6.07) is 6.28. The number of nitrogens with one attached hydrogen (secondary N) is 1. The first-order valence-electron chi connectivity index (χ1n) is 5.09. The Morgan fingerprint density at radius 2 is 1.94 bits per heavy atom. The van der Waals surface area contributed by atoms with Crippen LogP contribution in [0.5, 0.6) is 0 Å². The van der Waals surface area contributed by atoms with Gasteiger partial charge in [-0.3, -0.25) is 0 Å². The summed E-state index contributed by atoms with van der Waals surface area (Å²) < 4.78 is 13.0. The Bertz CT molecular complexity index is 508. The highest BCUT2D eigenvalue weighted by atomic mass is 35.5. The SMILES string of the molecule is Cc1cc(Nc2ccc(F)c(Cl)c2)nnc1C. The quantitative estimate of drug-likeness (QED) is 0.886. The lowest BCUT2D eigenvalue weighted by molar-refractivity contribution is 0.628. The van der Waals surface area contributed by atoms with E-state index in [1.54, 1.807) is 6.07 Å². The molecule has 2 aromatic rings. The van der Waals surface area contributed by atoms with E-state index in [2.05, 4.69) is 15.5 Å². The molecule has 0 atom stereocenters. The largest absolute Gasteiger partial charge is 0.339 e. The second kappa shape index (κ2) is 4.67. The number of hydrogen-bond donors (Lipinski definition) is 1. The van der Waals surface area contributed by atoms with Gasteiger partial charge >= 0.3 is 0 Å². The predicted molar refractivity (Wildman–Crippen MR) is 66.2 cm³/mol. The molecule has 0 radical (unpaired) electrons. The molecule has 88 valence electrons. The number of nitrogens with zero attached hydrogens (tertiary/aromatic N) is 2. The van der Waals surface area contributed by atoms with Crippen molar-refractivity contribution in [3.8, 4) is 0 Å². The van der Waals surface area contributed by atoms with E-state index in [1.807, 2.05) is 19.9 Å². The molecule has 0 unspecified atom stereocenters. The lowest BCUT2D eigenvalue weighted by atomic mass is 10.2. The molecule has 1 aromatic heterocycles. The molecule has 1 aromatic carbocycles. The van der Waals surface area contributed by atoms with E-state index in [9.17, 15) is 4.39 Å². The second-order valence-corrected chi connectivity index (χ2v) is 4.16. The Labute approximate surface area is 104 Å². The second-order valence-electron chi connectivity index (χ2n) is 3.75. The number of hydrogen-bond acceptors (Lipinski definition) is 3. The highest BCUT2D eigenvalue weighted by molar-refractivity contribution is 6.31. The molecule has 5 heteroatoms. The van der Waals surface area contributed by atoms with Crippen LogP contribution in [0.3, 0.4) is 0 Å². The Kier molecular flexibility index (Phi) is 3.24. The van der Waals surface area contributed by atoms with Gasteiger partial charge in [0, 0.05) is 5.69 Å². The van der Waals surface area contributed by atoms with Gasteiger partial charge in [-0.1, -0.05) is 11.6 Å². The molecule has 0 saturated heterocycles. The Morgan fingerprint density at radius 3 is 2.59 bits per heavy atom. The van der Waals surface area contributed by atoms with E-state index in [-0.39, 0.29) is 5.02 Å². The van der Waals surface area contributed by atoms with Gasteiger partial charge in [-0.25, -0.2) is 4.39 Å². The third-order valence-electron chi connectivity index (χ3n) is 2.42. The van der Waals surface area contributed by atoms with Crippen LogP contribution < -0.4 is 5.32 Å². The zero-order chi connectivity index (χ0) is 12.4. The van der Waals surface area contributed by atoms with Crippen molar-refractivity contribution in [1.29, 1.82) is 0 Å². The fourth-order valence-electron chi connectivity index (χ4n) is 1.33. The molecule has 0 amide bonds. The maximum atomic E-state index is 13.0. The third kappa shape index (κ3) is 2.71. The van der Waals surface area contributed by atoms with Crippen LogP contribution in [-0.2, 0) is 0 Å². The number of aryl methyl sites for hydroxylation is 2. The first-order valence-corrected chi connectivity index (χ1v) is 5.47. The minimum atomic E-state index is -0.441. The van der Waals surface area contributed by atoms with Crippen LogP contribution in [0.4, 0.5) is 15.9 Å². The molecule has 1 N–H and O–H groups in total. The van der Waals surface area contributed by atoms with Gasteiger partial charge in [0.2, 0.25) is 0 Å². The predicted octanol–water partition coefficient (Wildman–Crippen LogP) is 3.63. The number of aromatic nitrogens is 2. The molecule has 2 rings (SSSR count). The third-order valence-corrected chi connectivity index (χ3v) is 2.71. The summed E-state index contributed by atoms with van der Waals surface area (Å²) in [5.41, 5.74) is 2.59. The van der Waals surface area contributed by atoms with Crippen LogP contribution in [0.1, 0.15) is 11.3 Å². The average molecular weight is 252 g/mol. The van der Waals surface area contributed by atoms with Crippen LogP contribution in [-0.4, -0.2) is 10.2 Å². The molecule has 0 bridgehead atoms. The van der Waals surface area contributed by atoms with E-state index in [0.717, 1.165) is 11.3 Å². The molecular formula is C12H11ClFN3. The van der Waals surface area contributed by atoms with Gasteiger partial charge in [-0.15, -0.1) is 5.10 Å². The van der Waals surface area contributed by atoms with E-state index < -0.39 is 5.82 Å². The van der Waals surface area contributed by atoms with E-state index in [4.69, 9.17) is 11.6 Å². The van der Waals surface area contributed by atoms with Crippen molar-refractivity contribution < 1.29 is 4.39 Å². The van der Waals surface area contributed by atoms with Crippen molar-refractivity contribution in [3.63, 3.8) is 0 Å². The molecule has 1 heterocycles. The van der Waals surface area contributed by atoms with Crippen molar-refractivity contribution in [1.82, 2.24) is 10.2 Å². The molecule has 0 saturated carbocycles. The Morgan fingerprint density at radius 1 is 1.18 bits per heavy atom. The lowest BCUT2D eigenvalue weighted by Crippen LogP contribution is -1.98. The Hall–Kier alpha value is -1.68. The van der Waals surface area contributed by atoms with Crippen molar-refractivity contribution >= 4 is 23.1 Å². The zero-order valence-electron chi connectivity index (χ0n) is 9.46. The first-order chi connectivity index (χ1) is 8.06. The van der Waals surface area contributed by atoms with E-state index in [0.29, 0.717) is 11.5 Å². The van der Waals surface area contributed by atoms with Crippen LogP contribution in [0, 0.1) is 19.7 Å². The van der Waals surface area contributed by atoms with Crippen molar-refractivity contribution in [2.24, 2.45) is 0 Å². The Balaban J connectivity index is 2.25. The molecule has 0 spiro atoms. The summed E-state index contributed by atoms with van der Waals surface area (Å²) in [7, 11) is 0. The fourth-order valence-corrected chi connectivity index (χ4v) is 1.51. The average Bonchev–Trinajstić information content (AvgIpc) is 2.29. The summed E-state index contributed by atoms with van der Waals surface area (Å²) in [4.78, 5) is 0. The van der Waals surface area contributed by atoms with Crippen molar-refractivity contribution in [3.05, 3.63) is 46.4 Å². The monoisotopic (exact) mass is 251 g/mol. The summed E-state index contributed by atoms with van der Waals surface area (Å²) in [6.45, 7) is 3.84. The van der Waals surface area contributed by atoms with E-state index >= 15 is 0 Å². The normalized spacial score (nSPS) is 10.4. The van der Waals surface area contributed by atoms with Crippen LogP contribution in [0.2, 0.25) is 5.02 Å². The van der Waals surface area contributed by atoms with E-state index in [1.165, 1.54) is 12.1 Å². The molecule has 0 aliphatic heterocycles. The highest BCUT2D eigenvalue weighted by Crippen LogP contribution is 2.22. The topological polar surface area (TPSA) is 37.8 Å².